The SMILES string of the molecule is COc1ccc(Cl)cc1CN(C)CC(=O)NC1CCN(C(=O)C2CCCCC2)CC1. The molecule has 1 aromatic rings. The van der Waals surface area contributed by atoms with Crippen molar-refractivity contribution >= 4 is 23.4 Å². The smallest absolute Gasteiger partial charge is 0.234 e. The average Bonchev–Trinajstić information content (AvgIpc) is 2.74. The summed E-state index contributed by atoms with van der Waals surface area (Å²) in [4.78, 5) is 29.2. The largest absolute Gasteiger partial charge is 0.496 e. The second kappa shape index (κ2) is 11.0. The van der Waals surface area contributed by atoms with Crippen LogP contribution in [0.1, 0.15) is 50.5 Å². The van der Waals surface area contributed by atoms with Crippen LogP contribution < -0.4 is 10.1 Å². The van der Waals surface area contributed by atoms with Gasteiger partial charge in [-0.25, -0.2) is 0 Å². The minimum absolute atomic E-state index is 0.00977. The summed E-state index contributed by atoms with van der Waals surface area (Å²) in [5, 5.41) is 3.79. The van der Waals surface area contributed by atoms with Gasteiger partial charge in [0.25, 0.3) is 0 Å². The molecule has 1 saturated carbocycles. The van der Waals surface area contributed by atoms with E-state index in [1.807, 2.05) is 29.0 Å². The van der Waals surface area contributed by atoms with Crippen molar-refractivity contribution in [3.63, 3.8) is 0 Å². The van der Waals surface area contributed by atoms with E-state index >= 15 is 0 Å². The van der Waals surface area contributed by atoms with Crippen LogP contribution in [0, 0.1) is 5.92 Å². The maximum atomic E-state index is 12.7. The molecule has 1 N–H and O–H groups in total. The lowest BCUT2D eigenvalue weighted by molar-refractivity contribution is -0.137. The fraction of sp³-hybridized carbons (Fsp3) is 0.652. The molecule has 0 atom stereocenters. The van der Waals surface area contributed by atoms with Gasteiger partial charge in [0.15, 0.2) is 0 Å². The van der Waals surface area contributed by atoms with Gasteiger partial charge >= 0.3 is 0 Å². The molecule has 1 heterocycles. The molecule has 7 heteroatoms. The first kappa shape index (κ1) is 22.9. The first-order valence-electron chi connectivity index (χ1n) is 11.1. The minimum atomic E-state index is 0.00977. The van der Waals surface area contributed by atoms with Crippen molar-refractivity contribution in [3.05, 3.63) is 28.8 Å². The Kier molecular flexibility index (Phi) is 8.40. The molecule has 0 aromatic heterocycles. The Balaban J connectivity index is 1.41. The van der Waals surface area contributed by atoms with Crippen molar-refractivity contribution < 1.29 is 14.3 Å². The normalized spacial score (nSPS) is 18.5. The number of halogens is 1. The van der Waals surface area contributed by atoms with Gasteiger partial charge in [0, 0.05) is 42.2 Å². The number of hydrogen-bond acceptors (Lipinski definition) is 4. The number of nitrogens with zero attached hydrogens (tertiary/aromatic N) is 2. The van der Waals surface area contributed by atoms with Gasteiger partial charge in [-0.3, -0.25) is 14.5 Å². The molecule has 1 saturated heterocycles. The Labute approximate surface area is 184 Å². The molecule has 2 amide bonds. The molecule has 2 fully saturated rings. The van der Waals surface area contributed by atoms with Crippen LogP contribution in [0.4, 0.5) is 0 Å². The Hall–Kier alpha value is -1.79. The zero-order chi connectivity index (χ0) is 21.5. The molecule has 30 heavy (non-hydrogen) atoms. The van der Waals surface area contributed by atoms with Gasteiger partial charge in [0.1, 0.15) is 5.75 Å². The van der Waals surface area contributed by atoms with Crippen LogP contribution >= 0.6 is 11.6 Å². The number of likely N-dealkylation sites (N-methyl/N-ethyl adjacent to an activating group) is 1. The van der Waals surface area contributed by atoms with Gasteiger partial charge in [0.2, 0.25) is 11.8 Å². The van der Waals surface area contributed by atoms with E-state index in [9.17, 15) is 9.59 Å². The lowest BCUT2D eigenvalue weighted by Crippen LogP contribution is -2.49. The van der Waals surface area contributed by atoms with Crippen LogP contribution in [0.15, 0.2) is 18.2 Å². The maximum absolute atomic E-state index is 12.7. The summed E-state index contributed by atoms with van der Waals surface area (Å²) in [6.07, 6.45) is 7.36. The number of nitrogens with one attached hydrogen (secondary N) is 1. The molecule has 0 bridgehead atoms. The van der Waals surface area contributed by atoms with Crippen molar-refractivity contribution in [3.8, 4) is 5.75 Å². The summed E-state index contributed by atoms with van der Waals surface area (Å²) < 4.78 is 5.38. The van der Waals surface area contributed by atoms with Crippen molar-refractivity contribution in [2.75, 3.05) is 33.8 Å². The lowest BCUT2D eigenvalue weighted by atomic mass is 9.87. The summed E-state index contributed by atoms with van der Waals surface area (Å²) >= 11 is 6.09. The Morgan fingerprint density at radius 3 is 2.53 bits per heavy atom. The number of likely N-dealkylation sites (tertiary alicyclic amines) is 1. The quantitative estimate of drug-likeness (QED) is 0.712. The van der Waals surface area contributed by atoms with Crippen LogP contribution in [0.5, 0.6) is 5.75 Å². The first-order chi connectivity index (χ1) is 14.5. The molecule has 0 radical (unpaired) electrons. The molecule has 1 aromatic carbocycles. The molecule has 1 aliphatic heterocycles. The third kappa shape index (κ3) is 6.35. The maximum Gasteiger partial charge on any atom is 0.234 e. The molecule has 166 valence electrons. The standard InChI is InChI=1S/C23H34ClN3O3/c1-26(15-18-14-19(24)8-9-21(18)30-2)16-22(28)25-20-10-12-27(13-11-20)23(29)17-6-4-3-5-7-17/h8-9,14,17,20H,3-7,10-13,15-16H2,1-2H3,(H,25,28). The van der Waals surface area contributed by atoms with E-state index in [0.717, 1.165) is 50.1 Å². The number of carbonyl (C=O) groups is 2. The van der Waals surface area contributed by atoms with Crippen LogP contribution in [0.25, 0.3) is 0 Å². The van der Waals surface area contributed by atoms with E-state index in [0.29, 0.717) is 24.0 Å². The molecule has 0 spiro atoms. The number of hydrogen-bond donors (Lipinski definition) is 1. The molecule has 3 rings (SSSR count). The number of amides is 2. The van der Waals surface area contributed by atoms with Gasteiger partial charge < -0.3 is 15.0 Å². The Morgan fingerprint density at radius 2 is 1.87 bits per heavy atom. The minimum Gasteiger partial charge on any atom is -0.496 e. The van der Waals surface area contributed by atoms with Crippen molar-refractivity contribution in [2.45, 2.75) is 57.5 Å². The number of methoxy groups -OCH3 is 1. The molecular weight excluding hydrogens is 402 g/mol. The predicted molar refractivity (Wildman–Crippen MR) is 119 cm³/mol. The third-order valence-electron chi connectivity index (χ3n) is 6.22. The van der Waals surface area contributed by atoms with Gasteiger partial charge in [-0.2, -0.15) is 0 Å². The highest BCUT2D eigenvalue weighted by Crippen LogP contribution is 2.27. The average molecular weight is 436 g/mol. The van der Waals surface area contributed by atoms with Gasteiger partial charge in [0.05, 0.1) is 13.7 Å². The summed E-state index contributed by atoms with van der Waals surface area (Å²) in [6, 6.07) is 5.64. The fourth-order valence-electron chi connectivity index (χ4n) is 4.59. The monoisotopic (exact) mass is 435 g/mol. The molecule has 1 aliphatic carbocycles. The highest BCUT2D eigenvalue weighted by Gasteiger charge is 2.29. The van der Waals surface area contributed by atoms with E-state index in [1.54, 1.807) is 13.2 Å². The topological polar surface area (TPSA) is 61.9 Å². The summed E-state index contributed by atoms with van der Waals surface area (Å²) in [7, 11) is 3.54. The highest BCUT2D eigenvalue weighted by atomic mass is 35.5. The summed E-state index contributed by atoms with van der Waals surface area (Å²) in [5.74, 6) is 1.33. The lowest BCUT2D eigenvalue weighted by Gasteiger charge is -2.35. The van der Waals surface area contributed by atoms with Gasteiger partial charge in [-0.15, -0.1) is 0 Å². The number of ether oxygens (including phenoxy) is 1. The number of carbonyl (C=O) groups excluding carboxylic acids is 2. The second-order valence-electron chi connectivity index (χ2n) is 8.63. The van der Waals surface area contributed by atoms with E-state index in [-0.39, 0.29) is 17.9 Å². The van der Waals surface area contributed by atoms with E-state index < -0.39 is 0 Å². The van der Waals surface area contributed by atoms with Gasteiger partial charge in [-0.05, 0) is 50.9 Å². The third-order valence-corrected chi connectivity index (χ3v) is 6.46. The summed E-state index contributed by atoms with van der Waals surface area (Å²) in [6.45, 7) is 2.37. The van der Waals surface area contributed by atoms with Crippen molar-refractivity contribution in [1.29, 1.82) is 0 Å². The molecular formula is C23H34ClN3O3. The van der Waals surface area contributed by atoms with Crippen LogP contribution in [-0.4, -0.2) is 61.4 Å². The zero-order valence-corrected chi connectivity index (χ0v) is 18.9. The summed E-state index contributed by atoms with van der Waals surface area (Å²) in [5.41, 5.74) is 0.954. The van der Waals surface area contributed by atoms with Crippen LogP contribution in [0.2, 0.25) is 5.02 Å². The van der Waals surface area contributed by atoms with Crippen molar-refractivity contribution in [2.24, 2.45) is 5.92 Å². The predicted octanol–water partition coefficient (Wildman–Crippen LogP) is 3.47. The number of benzene rings is 1. The van der Waals surface area contributed by atoms with Crippen LogP contribution in [0.3, 0.4) is 0 Å². The highest BCUT2D eigenvalue weighted by molar-refractivity contribution is 6.30. The molecule has 0 unspecified atom stereocenters. The van der Waals surface area contributed by atoms with Gasteiger partial charge in [-0.1, -0.05) is 30.9 Å². The van der Waals surface area contributed by atoms with E-state index in [2.05, 4.69) is 5.32 Å². The molecule has 6 nitrogen and oxygen atoms in total. The Bertz CT molecular complexity index is 728. The molecule has 2 aliphatic rings. The number of rotatable bonds is 7. The number of piperidine rings is 1. The Morgan fingerprint density at radius 1 is 1.17 bits per heavy atom. The zero-order valence-electron chi connectivity index (χ0n) is 18.2. The van der Waals surface area contributed by atoms with E-state index in [4.69, 9.17) is 16.3 Å². The first-order valence-corrected chi connectivity index (χ1v) is 11.4. The fourth-order valence-corrected chi connectivity index (χ4v) is 4.78. The van der Waals surface area contributed by atoms with Crippen LogP contribution in [-0.2, 0) is 16.1 Å². The van der Waals surface area contributed by atoms with E-state index in [1.165, 1.54) is 19.3 Å². The van der Waals surface area contributed by atoms with Crippen molar-refractivity contribution in [1.82, 2.24) is 15.1 Å². The second-order valence-corrected chi connectivity index (χ2v) is 9.07.